The number of fused-ring (bicyclic) bond motifs is 1. The van der Waals surface area contributed by atoms with Crippen molar-refractivity contribution in [1.29, 1.82) is 0 Å². The van der Waals surface area contributed by atoms with Gasteiger partial charge in [-0.3, -0.25) is 9.69 Å². The molecule has 0 aliphatic carbocycles. The van der Waals surface area contributed by atoms with E-state index in [0.717, 1.165) is 49.4 Å². The van der Waals surface area contributed by atoms with Crippen LogP contribution in [-0.2, 0) is 11.3 Å². The molecule has 0 spiro atoms. The van der Waals surface area contributed by atoms with Gasteiger partial charge in [-0.2, -0.15) is 0 Å². The Hall–Kier alpha value is -3.15. The zero-order valence-corrected chi connectivity index (χ0v) is 19.9. The Labute approximate surface area is 205 Å². The fraction of sp³-hybridized carbons (Fsp3) is 0.286. The van der Waals surface area contributed by atoms with E-state index in [1.165, 1.54) is 5.56 Å². The summed E-state index contributed by atoms with van der Waals surface area (Å²) in [5.41, 5.74) is 4.23. The van der Waals surface area contributed by atoms with Crippen LogP contribution in [0.25, 0.3) is 5.65 Å². The Balaban J connectivity index is 1.25. The first kappa shape index (κ1) is 22.6. The van der Waals surface area contributed by atoms with E-state index in [2.05, 4.69) is 57.7 Å². The van der Waals surface area contributed by atoms with Crippen molar-refractivity contribution in [2.45, 2.75) is 37.8 Å². The van der Waals surface area contributed by atoms with Crippen LogP contribution < -0.4 is 5.32 Å². The zero-order chi connectivity index (χ0) is 23.3. The molecule has 1 saturated heterocycles. The van der Waals surface area contributed by atoms with Gasteiger partial charge in [-0.25, -0.2) is 4.98 Å². The monoisotopic (exact) mass is 472 g/mol. The first-order valence-corrected chi connectivity index (χ1v) is 12.3. The molecule has 5 rings (SSSR count). The molecule has 0 bridgehead atoms. The fourth-order valence-electron chi connectivity index (χ4n) is 4.86. The maximum absolute atomic E-state index is 13.2. The molecule has 1 fully saturated rings. The van der Waals surface area contributed by atoms with Crippen molar-refractivity contribution in [2.24, 2.45) is 0 Å². The van der Waals surface area contributed by atoms with Crippen LogP contribution in [0.15, 0.2) is 85.2 Å². The first-order valence-electron chi connectivity index (χ1n) is 11.9. The van der Waals surface area contributed by atoms with Gasteiger partial charge in [0.1, 0.15) is 5.65 Å². The molecule has 1 atom stereocenters. The Morgan fingerprint density at radius 1 is 1.00 bits per heavy atom. The highest BCUT2D eigenvalue weighted by Crippen LogP contribution is 2.29. The van der Waals surface area contributed by atoms with Crippen molar-refractivity contribution < 1.29 is 4.79 Å². The minimum absolute atomic E-state index is 0.0762. The fourth-order valence-corrected chi connectivity index (χ4v) is 5.02. The summed E-state index contributed by atoms with van der Waals surface area (Å²) < 4.78 is 2.00. The van der Waals surface area contributed by atoms with Gasteiger partial charge in [0, 0.05) is 50.4 Å². The first-order chi connectivity index (χ1) is 16.7. The normalized spacial score (nSPS) is 15.9. The second-order valence-electron chi connectivity index (χ2n) is 9.03. The molecule has 4 aromatic rings. The lowest BCUT2D eigenvalue weighted by Gasteiger charge is -2.32. The molecule has 5 nitrogen and oxygen atoms in total. The summed E-state index contributed by atoms with van der Waals surface area (Å²) >= 11 is 6.26. The highest BCUT2D eigenvalue weighted by molar-refractivity contribution is 6.30. The average molecular weight is 473 g/mol. The average Bonchev–Trinajstić information content (AvgIpc) is 3.28. The van der Waals surface area contributed by atoms with Crippen molar-refractivity contribution in [3.63, 3.8) is 0 Å². The SMILES string of the molecule is O=C(CC(c1ccccc1)c1cnc2ccc(Cl)cn12)NC1CCN(Cc2ccccc2)CC1. The number of halogens is 1. The number of hydrogen-bond donors (Lipinski definition) is 1. The molecular weight excluding hydrogens is 444 g/mol. The van der Waals surface area contributed by atoms with Crippen molar-refractivity contribution in [3.8, 4) is 0 Å². The van der Waals surface area contributed by atoms with Crippen LogP contribution in [0.5, 0.6) is 0 Å². The summed E-state index contributed by atoms with van der Waals surface area (Å²) in [7, 11) is 0. The standard InChI is InChI=1S/C28H29ClN4O/c29-23-11-12-27-30-18-26(33(27)20-23)25(22-9-5-2-6-10-22)17-28(34)31-24-13-15-32(16-14-24)19-21-7-3-1-4-8-21/h1-12,18,20,24-25H,13-17,19H2,(H,31,34). The second-order valence-corrected chi connectivity index (χ2v) is 9.47. The molecule has 6 heteroatoms. The van der Waals surface area contributed by atoms with E-state index in [9.17, 15) is 4.79 Å². The van der Waals surface area contributed by atoms with Gasteiger partial charge in [0.15, 0.2) is 0 Å². The minimum atomic E-state index is -0.104. The van der Waals surface area contributed by atoms with Gasteiger partial charge in [0.2, 0.25) is 5.91 Å². The van der Waals surface area contributed by atoms with Crippen molar-refractivity contribution in [2.75, 3.05) is 13.1 Å². The number of hydrogen-bond acceptors (Lipinski definition) is 3. The number of rotatable bonds is 7. The number of imidazole rings is 1. The number of nitrogens with zero attached hydrogens (tertiary/aromatic N) is 3. The lowest BCUT2D eigenvalue weighted by atomic mass is 9.92. The van der Waals surface area contributed by atoms with Crippen molar-refractivity contribution in [1.82, 2.24) is 19.6 Å². The molecule has 2 aromatic heterocycles. The Bertz CT molecular complexity index is 1230. The predicted octanol–water partition coefficient (Wildman–Crippen LogP) is 5.29. The molecule has 0 radical (unpaired) electrons. The molecule has 1 unspecified atom stereocenters. The summed E-state index contributed by atoms with van der Waals surface area (Å²) in [6.45, 7) is 2.95. The third-order valence-corrected chi connectivity index (χ3v) is 6.87. The number of aromatic nitrogens is 2. The van der Waals surface area contributed by atoms with Gasteiger partial charge in [-0.1, -0.05) is 72.3 Å². The van der Waals surface area contributed by atoms with E-state index >= 15 is 0 Å². The smallest absolute Gasteiger partial charge is 0.221 e. The summed E-state index contributed by atoms with van der Waals surface area (Å²) in [5, 5.41) is 3.95. The number of likely N-dealkylation sites (tertiary alicyclic amines) is 1. The highest BCUT2D eigenvalue weighted by Gasteiger charge is 2.25. The summed E-state index contributed by atoms with van der Waals surface area (Å²) in [4.78, 5) is 20.2. The van der Waals surface area contributed by atoms with Crippen LogP contribution in [0.3, 0.4) is 0 Å². The molecule has 174 valence electrons. The molecular formula is C28H29ClN4O. The van der Waals surface area contributed by atoms with Crippen molar-refractivity contribution >= 4 is 23.2 Å². The van der Waals surface area contributed by atoms with Gasteiger partial charge < -0.3 is 9.72 Å². The van der Waals surface area contributed by atoms with Gasteiger partial charge in [-0.15, -0.1) is 0 Å². The number of pyridine rings is 1. The number of piperidine rings is 1. The van der Waals surface area contributed by atoms with Crippen LogP contribution in [0, 0.1) is 0 Å². The molecule has 3 heterocycles. The topological polar surface area (TPSA) is 49.6 Å². The minimum Gasteiger partial charge on any atom is -0.353 e. The summed E-state index contributed by atoms with van der Waals surface area (Å²) in [5.74, 6) is -0.0276. The van der Waals surface area contributed by atoms with Crippen LogP contribution in [-0.4, -0.2) is 39.3 Å². The molecule has 1 amide bonds. The molecule has 34 heavy (non-hydrogen) atoms. The quantitative estimate of drug-likeness (QED) is 0.397. The number of amides is 1. The lowest BCUT2D eigenvalue weighted by Crippen LogP contribution is -2.44. The van der Waals surface area contributed by atoms with Crippen LogP contribution >= 0.6 is 11.6 Å². The van der Waals surface area contributed by atoms with E-state index in [-0.39, 0.29) is 17.9 Å². The number of nitrogens with one attached hydrogen (secondary N) is 1. The molecule has 2 aromatic carbocycles. The van der Waals surface area contributed by atoms with Crippen LogP contribution in [0.1, 0.15) is 42.0 Å². The lowest BCUT2D eigenvalue weighted by molar-refractivity contribution is -0.122. The second kappa shape index (κ2) is 10.4. The highest BCUT2D eigenvalue weighted by atomic mass is 35.5. The number of carbonyl (C=O) groups is 1. The molecule has 0 saturated carbocycles. The molecule has 1 aliphatic heterocycles. The Morgan fingerprint density at radius 3 is 2.44 bits per heavy atom. The zero-order valence-electron chi connectivity index (χ0n) is 19.1. The van der Waals surface area contributed by atoms with Gasteiger partial charge >= 0.3 is 0 Å². The van der Waals surface area contributed by atoms with Gasteiger partial charge in [0.05, 0.1) is 10.7 Å². The van der Waals surface area contributed by atoms with E-state index in [0.29, 0.717) is 11.4 Å². The molecule has 1 N–H and O–H groups in total. The number of benzene rings is 2. The Kier molecular flexibility index (Phi) is 6.93. The van der Waals surface area contributed by atoms with Gasteiger partial charge in [0.25, 0.3) is 0 Å². The van der Waals surface area contributed by atoms with Crippen molar-refractivity contribution in [3.05, 3.63) is 107 Å². The van der Waals surface area contributed by atoms with E-state index in [4.69, 9.17) is 11.6 Å². The Morgan fingerprint density at radius 2 is 1.71 bits per heavy atom. The van der Waals surface area contributed by atoms with E-state index in [1.807, 2.05) is 47.1 Å². The third-order valence-electron chi connectivity index (χ3n) is 6.65. The predicted molar refractivity (Wildman–Crippen MR) is 136 cm³/mol. The van der Waals surface area contributed by atoms with Gasteiger partial charge in [-0.05, 0) is 36.1 Å². The molecule has 1 aliphatic rings. The van der Waals surface area contributed by atoms with Crippen LogP contribution in [0.2, 0.25) is 5.02 Å². The largest absolute Gasteiger partial charge is 0.353 e. The summed E-state index contributed by atoms with van der Waals surface area (Å²) in [6.07, 6.45) is 6.04. The van der Waals surface area contributed by atoms with E-state index < -0.39 is 0 Å². The van der Waals surface area contributed by atoms with E-state index in [1.54, 1.807) is 0 Å². The maximum Gasteiger partial charge on any atom is 0.221 e. The summed E-state index contributed by atoms with van der Waals surface area (Å²) in [6, 6.07) is 24.7. The third kappa shape index (κ3) is 5.32. The maximum atomic E-state index is 13.2. The van der Waals surface area contributed by atoms with Crippen LogP contribution in [0.4, 0.5) is 0 Å². The number of carbonyl (C=O) groups excluding carboxylic acids is 1.